The lowest BCUT2D eigenvalue weighted by molar-refractivity contribution is 0.261. The fourth-order valence-electron chi connectivity index (χ4n) is 0.234. The van der Waals surface area contributed by atoms with Gasteiger partial charge in [-0.3, -0.25) is 4.79 Å². The number of amides is 1. The van der Waals surface area contributed by atoms with Crippen LogP contribution in [0.25, 0.3) is 0 Å². The van der Waals surface area contributed by atoms with Gasteiger partial charge >= 0.3 is 5.24 Å². The number of nitrogens with one attached hydrogen (secondary N) is 1. The predicted octanol–water partition coefficient (Wildman–Crippen LogP) is 0.00710. The molecular formula is C5H7NO3S. The first-order valence-corrected chi connectivity index (χ1v) is 3.52. The fraction of sp³-hybridized carbons (Fsp3) is 0. The van der Waals surface area contributed by atoms with E-state index in [2.05, 4.69) is 13.2 Å². The van der Waals surface area contributed by atoms with Crippen molar-refractivity contribution in [3.63, 3.8) is 0 Å². The van der Waals surface area contributed by atoms with Gasteiger partial charge in [-0.1, -0.05) is 13.2 Å². The molecule has 0 unspecified atom stereocenters. The number of rotatable bonds is 2. The molecule has 5 heteroatoms. The van der Waals surface area contributed by atoms with E-state index in [0.717, 1.165) is 0 Å². The van der Waals surface area contributed by atoms with Gasteiger partial charge in [-0.15, -0.1) is 0 Å². The minimum absolute atomic E-state index is 0.171. The van der Waals surface area contributed by atoms with Crippen LogP contribution in [0.5, 0.6) is 0 Å². The Balaban J connectivity index is 4.05. The molecule has 0 atom stereocenters. The monoisotopic (exact) mass is 161 g/mol. The van der Waals surface area contributed by atoms with E-state index in [1.54, 1.807) is 0 Å². The van der Waals surface area contributed by atoms with Gasteiger partial charge in [0.05, 0.1) is 0 Å². The van der Waals surface area contributed by atoms with Crippen LogP contribution in [0.1, 0.15) is 0 Å². The van der Waals surface area contributed by atoms with Crippen molar-refractivity contribution in [1.29, 1.82) is 0 Å². The molecule has 0 fully saturated rings. The third kappa shape index (κ3) is 3.03. The Hall–Kier alpha value is -1.10. The zero-order chi connectivity index (χ0) is 8.15. The Morgan fingerprint density at radius 3 is 2.30 bits per heavy atom. The van der Waals surface area contributed by atoms with Crippen LogP contribution in [-0.4, -0.2) is 13.7 Å². The van der Waals surface area contributed by atoms with E-state index in [0.29, 0.717) is 0 Å². The molecule has 0 bridgehead atoms. The first kappa shape index (κ1) is 8.90. The van der Waals surface area contributed by atoms with Gasteiger partial charge in [0.1, 0.15) is 0 Å². The van der Waals surface area contributed by atoms with Gasteiger partial charge in [-0.2, -0.15) is 0 Å². The highest BCUT2D eigenvalue weighted by Gasteiger charge is 2.00. The van der Waals surface area contributed by atoms with Crippen molar-refractivity contribution in [2.75, 3.05) is 0 Å². The molecule has 0 heterocycles. The zero-order valence-electron chi connectivity index (χ0n) is 5.16. The second-order valence-corrected chi connectivity index (χ2v) is 2.34. The Labute approximate surface area is 60.2 Å². The molecule has 56 valence electrons. The van der Waals surface area contributed by atoms with Crippen LogP contribution < -0.4 is 5.32 Å². The first-order chi connectivity index (χ1) is 4.57. The summed E-state index contributed by atoms with van der Waals surface area (Å²) in [6, 6.07) is 0. The number of carbonyl (C=O) groups is 1. The molecule has 0 radical (unpaired) electrons. The van der Waals surface area contributed by atoms with Gasteiger partial charge < -0.3 is 5.32 Å². The summed E-state index contributed by atoms with van der Waals surface area (Å²) in [4.78, 5) is 10.3. The summed E-state index contributed by atoms with van der Waals surface area (Å²) in [6.07, 6.45) is 1.25. The molecule has 0 aromatic heterocycles. The van der Waals surface area contributed by atoms with Gasteiger partial charge in [-0.05, 0) is 6.08 Å². The molecule has 10 heavy (non-hydrogen) atoms. The van der Waals surface area contributed by atoms with Gasteiger partial charge in [-0.25, -0.2) is 8.42 Å². The van der Waals surface area contributed by atoms with E-state index in [1.165, 1.54) is 6.08 Å². The van der Waals surface area contributed by atoms with E-state index in [9.17, 15) is 13.2 Å². The van der Waals surface area contributed by atoms with Crippen molar-refractivity contribution in [3.05, 3.63) is 24.9 Å². The summed E-state index contributed by atoms with van der Waals surface area (Å²) in [7, 11) is -3.06. The Kier molecular flexibility index (Phi) is 3.42. The molecule has 0 rings (SSSR count). The second kappa shape index (κ2) is 3.84. The van der Waals surface area contributed by atoms with Crippen LogP contribution in [0.4, 0.5) is 4.79 Å². The van der Waals surface area contributed by atoms with Crippen LogP contribution >= 0.6 is 0 Å². The molecule has 1 amide bonds. The van der Waals surface area contributed by atoms with E-state index < -0.39 is 15.9 Å². The van der Waals surface area contributed by atoms with E-state index in [1.807, 2.05) is 5.32 Å². The fourth-order valence-corrected chi connectivity index (χ4v) is 0.469. The maximum absolute atomic E-state index is 10.3. The number of allylic oxidation sites excluding steroid dienone is 1. The quantitative estimate of drug-likeness (QED) is 0.443. The summed E-state index contributed by atoms with van der Waals surface area (Å²) < 4.78 is 19.8. The van der Waals surface area contributed by atoms with Crippen LogP contribution in [0.15, 0.2) is 24.9 Å². The lowest BCUT2D eigenvalue weighted by Crippen LogP contribution is -2.19. The van der Waals surface area contributed by atoms with Crippen LogP contribution in [-0.2, 0) is 10.7 Å². The van der Waals surface area contributed by atoms with Gasteiger partial charge in [0.25, 0.3) is 0 Å². The number of hydrogen-bond acceptors (Lipinski definition) is 3. The lowest BCUT2D eigenvalue weighted by atomic mass is 10.5. The number of carbonyl (C=O) groups excluding carboxylic acids is 1. The number of thiol groups is 1. The maximum atomic E-state index is 10.3. The first-order valence-electron chi connectivity index (χ1n) is 2.34. The molecule has 0 aromatic carbocycles. The highest BCUT2D eigenvalue weighted by Crippen LogP contribution is 1.83. The minimum Gasteiger partial charge on any atom is -0.314 e. The summed E-state index contributed by atoms with van der Waals surface area (Å²) >= 11 is 0. The molecule has 0 aliphatic rings. The van der Waals surface area contributed by atoms with Crippen molar-refractivity contribution in [1.82, 2.24) is 5.32 Å². The zero-order valence-corrected chi connectivity index (χ0v) is 6.06. The molecule has 0 aromatic rings. The van der Waals surface area contributed by atoms with Gasteiger partial charge in [0.15, 0.2) is 0 Å². The largest absolute Gasteiger partial charge is 0.337 e. The summed E-state index contributed by atoms with van der Waals surface area (Å²) in [5, 5.41) is 0.912. The van der Waals surface area contributed by atoms with E-state index in [-0.39, 0.29) is 5.70 Å². The van der Waals surface area contributed by atoms with Crippen LogP contribution in [0.2, 0.25) is 0 Å². The standard InChI is InChI=1S/C5H7NO3S/c1-3-4(2)6-5(7)10(8)9/h3,10H,1-2H2,(H,6,7). The second-order valence-electron chi connectivity index (χ2n) is 1.42. The normalized spacial score (nSPS) is 8.90. The highest BCUT2D eigenvalue weighted by atomic mass is 32.2. The Bertz CT molecular complexity index is 233. The minimum atomic E-state index is -3.06. The smallest absolute Gasteiger partial charge is 0.314 e. The topological polar surface area (TPSA) is 63.2 Å². The van der Waals surface area contributed by atoms with Crippen molar-refractivity contribution < 1.29 is 13.2 Å². The van der Waals surface area contributed by atoms with Crippen molar-refractivity contribution >= 4 is 15.9 Å². The van der Waals surface area contributed by atoms with Crippen molar-refractivity contribution in [3.8, 4) is 0 Å². The molecule has 1 N–H and O–H groups in total. The average Bonchev–Trinajstić information content (AvgIpc) is 1.87. The maximum Gasteiger partial charge on any atom is 0.337 e. The van der Waals surface area contributed by atoms with Crippen molar-refractivity contribution in [2.45, 2.75) is 0 Å². The molecule has 0 spiro atoms. The third-order valence-electron chi connectivity index (χ3n) is 0.680. The van der Waals surface area contributed by atoms with Crippen LogP contribution in [0.3, 0.4) is 0 Å². The molecule has 0 saturated carbocycles. The number of hydrogen-bond donors (Lipinski definition) is 2. The van der Waals surface area contributed by atoms with Gasteiger partial charge in [0, 0.05) is 5.70 Å². The summed E-state index contributed by atoms with van der Waals surface area (Å²) in [5.74, 6) is 0. The van der Waals surface area contributed by atoms with Crippen molar-refractivity contribution in [2.24, 2.45) is 0 Å². The Morgan fingerprint density at radius 2 is 2.00 bits per heavy atom. The molecule has 0 aliphatic heterocycles. The summed E-state index contributed by atoms with van der Waals surface area (Å²) in [5.41, 5.74) is 0.171. The SMILES string of the molecule is C=CC(=C)NC(=O)[SH](=O)=O. The van der Waals surface area contributed by atoms with Crippen LogP contribution in [0, 0.1) is 0 Å². The lowest BCUT2D eigenvalue weighted by Gasteiger charge is -1.95. The highest BCUT2D eigenvalue weighted by molar-refractivity contribution is 7.89. The van der Waals surface area contributed by atoms with E-state index >= 15 is 0 Å². The third-order valence-corrected chi connectivity index (χ3v) is 1.12. The molecular weight excluding hydrogens is 154 g/mol. The molecule has 0 aliphatic carbocycles. The average molecular weight is 161 g/mol. The van der Waals surface area contributed by atoms with E-state index in [4.69, 9.17) is 0 Å². The predicted molar refractivity (Wildman–Crippen MR) is 38.2 cm³/mol. The molecule has 4 nitrogen and oxygen atoms in total. The molecule has 0 saturated heterocycles. The Morgan fingerprint density at radius 1 is 1.50 bits per heavy atom. The van der Waals surface area contributed by atoms with Gasteiger partial charge in [0.2, 0.25) is 10.7 Å². The summed E-state index contributed by atoms with van der Waals surface area (Å²) in [6.45, 7) is 6.54.